The molecule has 2 N–H and O–H groups in total. The molecule has 0 aliphatic rings. The molecule has 2 rings (SSSR count). The van der Waals surface area contributed by atoms with E-state index >= 15 is 0 Å². The molecule has 0 aliphatic carbocycles. The van der Waals surface area contributed by atoms with Crippen LogP contribution in [0.1, 0.15) is 23.9 Å². The van der Waals surface area contributed by atoms with E-state index < -0.39 is 5.97 Å². The molecule has 0 atom stereocenters. The van der Waals surface area contributed by atoms with Crippen molar-refractivity contribution in [1.29, 1.82) is 0 Å². The van der Waals surface area contributed by atoms with E-state index in [9.17, 15) is 4.79 Å². The first kappa shape index (κ1) is 13.1. The number of carbonyl (C=O) groups is 1. The molecule has 2 aromatic rings. The van der Waals surface area contributed by atoms with E-state index in [-0.39, 0.29) is 6.42 Å². The number of benzene rings is 1. The fourth-order valence-corrected chi connectivity index (χ4v) is 1.73. The number of anilines is 2. The van der Waals surface area contributed by atoms with E-state index in [0.29, 0.717) is 17.5 Å². The molecule has 0 fully saturated rings. The Bertz CT molecular complexity index is 573. The van der Waals surface area contributed by atoms with Crippen molar-refractivity contribution in [1.82, 2.24) is 4.98 Å². The standard InChI is InChI=1S/C14H16N2O3/c1-3-10-4-6-11(7-5-10)16-14-15-9(2)12(19-14)8-13(17)18/h4-7H,3,8H2,1-2H3,(H,15,16)(H,17,18). The molecule has 5 nitrogen and oxygen atoms in total. The molecule has 1 aromatic heterocycles. The van der Waals surface area contributed by atoms with E-state index in [2.05, 4.69) is 17.2 Å². The molecule has 0 bridgehead atoms. The molecule has 0 aliphatic heterocycles. The highest BCUT2D eigenvalue weighted by atomic mass is 16.4. The van der Waals surface area contributed by atoms with Crippen LogP contribution in [0.25, 0.3) is 0 Å². The Kier molecular flexibility index (Phi) is 3.85. The van der Waals surface area contributed by atoms with Crippen LogP contribution < -0.4 is 5.32 Å². The van der Waals surface area contributed by atoms with Crippen molar-refractivity contribution < 1.29 is 14.3 Å². The summed E-state index contributed by atoms with van der Waals surface area (Å²) in [5.41, 5.74) is 2.70. The maximum absolute atomic E-state index is 10.7. The summed E-state index contributed by atoms with van der Waals surface area (Å²) in [5.74, 6) is -0.557. The summed E-state index contributed by atoms with van der Waals surface area (Å²) in [6.07, 6.45) is 0.830. The summed E-state index contributed by atoms with van der Waals surface area (Å²) >= 11 is 0. The lowest BCUT2D eigenvalue weighted by atomic mass is 10.1. The van der Waals surface area contributed by atoms with Crippen LogP contribution in [-0.4, -0.2) is 16.1 Å². The fraction of sp³-hybridized carbons (Fsp3) is 0.286. The van der Waals surface area contributed by atoms with Gasteiger partial charge >= 0.3 is 5.97 Å². The van der Waals surface area contributed by atoms with Crippen LogP contribution in [0.5, 0.6) is 0 Å². The number of aromatic nitrogens is 1. The highest BCUT2D eigenvalue weighted by molar-refractivity contribution is 5.69. The van der Waals surface area contributed by atoms with Gasteiger partial charge in [0, 0.05) is 5.69 Å². The molecular weight excluding hydrogens is 244 g/mol. The van der Waals surface area contributed by atoms with Gasteiger partial charge in [-0.05, 0) is 31.0 Å². The Morgan fingerprint density at radius 1 is 1.37 bits per heavy atom. The number of hydrogen-bond acceptors (Lipinski definition) is 4. The maximum atomic E-state index is 10.7. The molecule has 1 heterocycles. The molecule has 100 valence electrons. The van der Waals surface area contributed by atoms with Crippen LogP contribution in [0.4, 0.5) is 11.7 Å². The SMILES string of the molecule is CCc1ccc(Nc2nc(C)c(CC(=O)O)o2)cc1. The van der Waals surface area contributed by atoms with E-state index in [1.807, 2.05) is 24.3 Å². The fourth-order valence-electron chi connectivity index (χ4n) is 1.73. The maximum Gasteiger partial charge on any atom is 0.311 e. The molecule has 5 heteroatoms. The molecule has 1 aromatic carbocycles. The molecule has 0 saturated carbocycles. The van der Waals surface area contributed by atoms with E-state index in [1.54, 1.807) is 6.92 Å². The quantitative estimate of drug-likeness (QED) is 0.864. The van der Waals surface area contributed by atoms with Crippen LogP contribution in [0.15, 0.2) is 28.7 Å². The second-order valence-corrected chi connectivity index (χ2v) is 4.27. The smallest absolute Gasteiger partial charge is 0.311 e. The number of oxazole rings is 1. The minimum absolute atomic E-state index is 0.157. The third kappa shape index (κ3) is 3.34. The van der Waals surface area contributed by atoms with Gasteiger partial charge in [0.25, 0.3) is 6.01 Å². The first-order chi connectivity index (χ1) is 9.08. The largest absolute Gasteiger partial charge is 0.481 e. The summed E-state index contributed by atoms with van der Waals surface area (Å²) in [4.78, 5) is 14.8. The van der Waals surface area contributed by atoms with E-state index in [4.69, 9.17) is 9.52 Å². The molecule has 19 heavy (non-hydrogen) atoms. The van der Waals surface area contributed by atoms with Crippen molar-refractivity contribution in [2.45, 2.75) is 26.7 Å². The summed E-state index contributed by atoms with van der Waals surface area (Å²) in [5, 5.41) is 11.8. The van der Waals surface area contributed by atoms with Crippen LogP contribution >= 0.6 is 0 Å². The van der Waals surface area contributed by atoms with Crippen molar-refractivity contribution >= 4 is 17.7 Å². The lowest BCUT2D eigenvalue weighted by Crippen LogP contribution is -1.99. The minimum atomic E-state index is -0.932. The van der Waals surface area contributed by atoms with Crippen molar-refractivity contribution in [3.05, 3.63) is 41.3 Å². The Labute approximate surface area is 111 Å². The van der Waals surface area contributed by atoms with Crippen LogP contribution in [0.3, 0.4) is 0 Å². The molecular formula is C14H16N2O3. The van der Waals surface area contributed by atoms with Gasteiger partial charge < -0.3 is 14.8 Å². The molecule has 0 unspecified atom stereocenters. The Morgan fingerprint density at radius 3 is 2.63 bits per heavy atom. The number of carboxylic acids is 1. The van der Waals surface area contributed by atoms with Crippen molar-refractivity contribution in [2.24, 2.45) is 0 Å². The summed E-state index contributed by atoms with van der Waals surface area (Å²) in [6.45, 7) is 3.82. The summed E-state index contributed by atoms with van der Waals surface area (Å²) in [6, 6.07) is 8.25. The monoisotopic (exact) mass is 260 g/mol. The summed E-state index contributed by atoms with van der Waals surface area (Å²) < 4.78 is 5.38. The zero-order chi connectivity index (χ0) is 13.8. The van der Waals surface area contributed by atoms with Gasteiger partial charge in [-0.25, -0.2) is 0 Å². The number of hydrogen-bond donors (Lipinski definition) is 2. The number of rotatable bonds is 5. The molecule has 0 saturated heterocycles. The molecule has 0 amide bonds. The van der Waals surface area contributed by atoms with Gasteiger partial charge in [0.2, 0.25) is 0 Å². The zero-order valence-electron chi connectivity index (χ0n) is 10.9. The van der Waals surface area contributed by atoms with Crippen molar-refractivity contribution in [3.63, 3.8) is 0 Å². The topological polar surface area (TPSA) is 75.4 Å². The van der Waals surface area contributed by atoms with Crippen LogP contribution in [0, 0.1) is 6.92 Å². The van der Waals surface area contributed by atoms with Gasteiger partial charge in [0.05, 0.1) is 5.69 Å². The number of aliphatic carboxylic acids is 1. The molecule has 0 radical (unpaired) electrons. The highest BCUT2D eigenvalue weighted by Crippen LogP contribution is 2.20. The lowest BCUT2D eigenvalue weighted by molar-refractivity contribution is -0.136. The molecule has 0 spiro atoms. The van der Waals surface area contributed by atoms with Gasteiger partial charge in [-0.1, -0.05) is 19.1 Å². The van der Waals surface area contributed by atoms with Crippen molar-refractivity contribution in [2.75, 3.05) is 5.32 Å². The number of nitrogens with zero attached hydrogens (tertiary/aromatic N) is 1. The summed E-state index contributed by atoms with van der Waals surface area (Å²) in [7, 11) is 0. The minimum Gasteiger partial charge on any atom is -0.481 e. The number of aryl methyl sites for hydroxylation is 2. The Morgan fingerprint density at radius 2 is 2.05 bits per heavy atom. The normalized spacial score (nSPS) is 10.4. The number of nitrogens with one attached hydrogen (secondary N) is 1. The van der Waals surface area contributed by atoms with Crippen LogP contribution in [0.2, 0.25) is 0 Å². The van der Waals surface area contributed by atoms with Gasteiger partial charge in [-0.15, -0.1) is 0 Å². The third-order valence-corrected chi connectivity index (χ3v) is 2.82. The zero-order valence-corrected chi connectivity index (χ0v) is 10.9. The van der Waals surface area contributed by atoms with Crippen LogP contribution in [-0.2, 0) is 17.6 Å². The van der Waals surface area contributed by atoms with Gasteiger partial charge in [-0.3, -0.25) is 4.79 Å². The van der Waals surface area contributed by atoms with E-state index in [1.165, 1.54) is 5.56 Å². The second kappa shape index (κ2) is 5.56. The Balaban J connectivity index is 2.12. The predicted molar refractivity (Wildman–Crippen MR) is 71.7 cm³/mol. The van der Waals surface area contributed by atoms with E-state index in [0.717, 1.165) is 12.1 Å². The highest BCUT2D eigenvalue weighted by Gasteiger charge is 2.12. The van der Waals surface area contributed by atoms with Gasteiger partial charge in [-0.2, -0.15) is 4.98 Å². The first-order valence-electron chi connectivity index (χ1n) is 6.12. The Hall–Kier alpha value is -2.30. The average molecular weight is 260 g/mol. The lowest BCUT2D eigenvalue weighted by Gasteiger charge is -2.02. The third-order valence-electron chi connectivity index (χ3n) is 2.82. The average Bonchev–Trinajstić information content (AvgIpc) is 2.70. The van der Waals surface area contributed by atoms with Crippen molar-refractivity contribution in [3.8, 4) is 0 Å². The first-order valence-corrected chi connectivity index (χ1v) is 6.12. The van der Waals surface area contributed by atoms with Gasteiger partial charge in [0.15, 0.2) is 0 Å². The number of carboxylic acid groups (broad SMARTS) is 1. The van der Waals surface area contributed by atoms with Gasteiger partial charge in [0.1, 0.15) is 12.2 Å². The second-order valence-electron chi connectivity index (χ2n) is 4.27. The predicted octanol–water partition coefficient (Wildman–Crippen LogP) is 2.92.